The summed E-state index contributed by atoms with van der Waals surface area (Å²) < 4.78 is 24.6. The minimum Gasteiger partial charge on any atom is -0.396 e. The number of alkyl halides is 2. The lowest BCUT2D eigenvalue weighted by Gasteiger charge is -2.41. The van der Waals surface area contributed by atoms with Crippen molar-refractivity contribution in [3.8, 4) is 0 Å². The Hall–Kier alpha value is -0.260. The zero-order valence-corrected chi connectivity index (χ0v) is 11.7. The number of rotatable bonds is 7. The van der Waals surface area contributed by atoms with Crippen molar-refractivity contribution < 1.29 is 13.9 Å². The molecule has 1 saturated heterocycles. The third-order valence-electron chi connectivity index (χ3n) is 4.54. The highest BCUT2D eigenvalue weighted by Gasteiger charge is 2.36. The predicted molar refractivity (Wildman–Crippen MR) is 71.4 cm³/mol. The van der Waals surface area contributed by atoms with Gasteiger partial charge in [0.15, 0.2) is 0 Å². The minimum atomic E-state index is -2.28. The minimum absolute atomic E-state index is 0.139. The molecule has 1 aliphatic carbocycles. The van der Waals surface area contributed by atoms with E-state index in [-0.39, 0.29) is 19.2 Å². The molecule has 19 heavy (non-hydrogen) atoms. The van der Waals surface area contributed by atoms with Gasteiger partial charge in [0.2, 0.25) is 0 Å². The lowest BCUT2D eigenvalue weighted by atomic mass is 9.90. The molecule has 112 valence electrons. The maximum Gasteiger partial charge on any atom is 0.250 e. The van der Waals surface area contributed by atoms with Crippen molar-refractivity contribution in [2.24, 2.45) is 11.8 Å². The molecule has 2 aliphatic rings. The summed E-state index contributed by atoms with van der Waals surface area (Å²) in [4.78, 5) is 2.44. The second kappa shape index (κ2) is 6.95. The van der Waals surface area contributed by atoms with E-state index in [0.717, 1.165) is 31.8 Å². The number of aliphatic hydroxyl groups excluding tert-OH is 1. The van der Waals surface area contributed by atoms with Gasteiger partial charge in [-0.1, -0.05) is 0 Å². The molecule has 3 unspecified atom stereocenters. The fourth-order valence-electron chi connectivity index (χ4n) is 3.25. The molecule has 0 bridgehead atoms. The van der Waals surface area contributed by atoms with E-state index in [9.17, 15) is 8.78 Å². The van der Waals surface area contributed by atoms with Crippen LogP contribution < -0.4 is 5.32 Å². The van der Waals surface area contributed by atoms with Gasteiger partial charge in [0, 0.05) is 31.8 Å². The molecule has 0 aromatic carbocycles. The molecule has 2 fully saturated rings. The summed E-state index contributed by atoms with van der Waals surface area (Å²) in [5.74, 6) is 1.22. The van der Waals surface area contributed by atoms with Crippen LogP contribution >= 0.6 is 0 Å². The van der Waals surface area contributed by atoms with Gasteiger partial charge in [0.05, 0.1) is 6.54 Å². The normalized spacial score (nSPS) is 30.8. The van der Waals surface area contributed by atoms with Gasteiger partial charge < -0.3 is 10.4 Å². The first-order chi connectivity index (χ1) is 9.10. The van der Waals surface area contributed by atoms with E-state index in [2.05, 4.69) is 17.1 Å². The van der Waals surface area contributed by atoms with Crippen LogP contribution in [0.2, 0.25) is 0 Å². The number of likely N-dealkylation sites (tertiary alicyclic amines) is 1. The molecule has 0 radical (unpaired) electrons. The van der Waals surface area contributed by atoms with E-state index in [1.54, 1.807) is 0 Å². The van der Waals surface area contributed by atoms with Crippen LogP contribution in [0, 0.1) is 11.8 Å². The number of hydrogen-bond donors (Lipinski definition) is 2. The van der Waals surface area contributed by atoms with Gasteiger partial charge in [0.1, 0.15) is 0 Å². The van der Waals surface area contributed by atoms with Crippen LogP contribution in [0.25, 0.3) is 0 Å². The molecule has 1 aliphatic heterocycles. The summed E-state index contributed by atoms with van der Waals surface area (Å²) in [5.41, 5.74) is 0. The molecule has 0 aromatic rings. The van der Waals surface area contributed by atoms with Crippen LogP contribution in [0.3, 0.4) is 0 Å². The van der Waals surface area contributed by atoms with Gasteiger partial charge >= 0.3 is 0 Å². The Morgan fingerprint density at radius 1 is 1.32 bits per heavy atom. The molecular formula is C14H26F2N2O. The quantitative estimate of drug-likeness (QED) is 0.743. The molecule has 5 heteroatoms. The van der Waals surface area contributed by atoms with E-state index >= 15 is 0 Å². The maximum atomic E-state index is 12.3. The fraction of sp³-hybridized carbons (Fsp3) is 1.00. The average Bonchev–Trinajstić information content (AvgIpc) is 3.20. The average molecular weight is 276 g/mol. The first kappa shape index (κ1) is 15.1. The summed E-state index contributed by atoms with van der Waals surface area (Å²) in [6, 6.07) is 0.692. The second-order valence-electron chi connectivity index (χ2n) is 6.14. The van der Waals surface area contributed by atoms with Crippen molar-refractivity contribution in [3.05, 3.63) is 0 Å². The van der Waals surface area contributed by atoms with Crippen LogP contribution in [0.1, 0.15) is 32.6 Å². The summed E-state index contributed by atoms with van der Waals surface area (Å²) in [6.45, 7) is 4.10. The summed E-state index contributed by atoms with van der Waals surface area (Å²) in [5, 5.41) is 12.1. The summed E-state index contributed by atoms with van der Waals surface area (Å²) >= 11 is 0. The molecular weight excluding hydrogens is 250 g/mol. The molecule has 1 heterocycles. The number of aliphatic hydroxyl groups is 1. The Morgan fingerprint density at radius 3 is 2.63 bits per heavy atom. The SMILES string of the molecule is CC(C1CC1)N1CC(CCO)CC(NCC(F)F)C1. The van der Waals surface area contributed by atoms with Crippen LogP contribution in [0.4, 0.5) is 8.78 Å². The molecule has 3 atom stereocenters. The Bertz CT molecular complexity index is 274. The van der Waals surface area contributed by atoms with Crippen molar-refractivity contribution in [2.75, 3.05) is 26.2 Å². The van der Waals surface area contributed by atoms with Crippen LogP contribution in [-0.4, -0.2) is 54.8 Å². The zero-order valence-electron chi connectivity index (χ0n) is 11.7. The smallest absolute Gasteiger partial charge is 0.250 e. The maximum absolute atomic E-state index is 12.3. The van der Waals surface area contributed by atoms with Gasteiger partial charge in [-0.05, 0) is 44.4 Å². The zero-order chi connectivity index (χ0) is 13.8. The van der Waals surface area contributed by atoms with Crippen LogP contribution in [0.5, 0.6) is 0 Å². The van der Waals surface area contributed by atoms with Crippen LogP contribution in [0.15, 0.2) is 0 Å². The summed E-state index contributed by atoms with van der Waals surface area (Å²) in [6.07, 6.45) is 2.00. The van der Waals surface area contributed by atoms with Crippen molar-refractivity contribution in [1.29, 1.82) is 0 Å². The Morgan fingerprint density at radius 2 is 2.05 bits per heavy atom. The van der Waals surface area contributed by atoms with Gasteiger partial charge in [-0.25, -0.2) is 8.78 Å². The molecule has 1 saturated carbocycles. The third-order valence-corrected chi connectivity index (χ3v) is 4.54. The van der Waals surface area contributed by atoms with E-state index in [4.69, 9.17) is 5.11 Å². The number of nitrogens with zero attached hydrogens (tertiary/aromatic N) is 1. The van der Waals surface area contributed by atoms with Crippen molar-refractivity contribution in [1.82, 2.24) is 10.2 Å². The summed E-state index contributed by atoms with van der Waals surface area (Å²) in [7, 11) is 0. The lowest BCUT2D eigenvalue weighted by molar-refractivity contribution is 0.0717. The highest BCUT2D eigenvalue weighted by atomic mass is 19.3. The van der Waals surface area contributed by atoms with Crippen LogP contribution in [-0.2, 0) is 0 Å². The second-order valence-corrected chi connectivity index (χ2v) is 6.14. The van der Waals surface area contributed by atoms with Crippen molar-refractivity contribution in [2.45, 2.75) is 51.1 Å². The monoisotopic (exact) mass is 276 g/mol. The number of piperidine rings is 1. The van der Waals surface area contributed by atoms with Crippen molar-refractivity contribution >= 4 is 0 Å². The van der Waals surface area contributed by atoms with Gasteiger partial charge in [-0.3, -0.25) is 4.90 Å². The fourth-order valence-corrected chi connectivity index (χ4v) is 3.25. The van der Waals surface area contributed by atoms with E-state index in [1.807, 2.05) is 0 Å². The molecule has 0 spiro atoms. The topological polar surface area (TPSA) is 35.5 Å². The standard InChI is InChI=1S/C14H26F2N2O/c1-10(12-2-3-12)18-8-11(4-5-19)6-13(9-18)17-7-14(15)16/h10-14,17,19H,2-9H2,1H3. The first-order valence-corrected chi connectivity index (χ1v) is 7.46. The van der Waals surface area contributed by atoms with Gasteiger partial charge in [-0.15, -0.1) is 0 Å². The largest absolute Gasteiger partial charge is 0.396 e. The number of halogens is 2. The highest BCUT2D eigenvalue weighted by Crippen LogP contribution is 2.36. The Balaban J connectivity index is 1.87. The van der Waals surface area contributed by atoms with Gasteiger partial charge in [0.25, 0.3) is 6.43 Å². The third kappa shape index (κ3) is 4.65. The molecule has 0 aromatic heterocycles. The highest BCUT2D eigenvalue weighted by molar-refractivity contribution is 4.91. The Labute approximate surface area is 114 Å². The molecule has 2 rings (SSSR count). The van der Waals surface area contributed by atoms with E-state index in [0.29, 0.717) is 12.0 Å². The van der Waals surface area contributed by atoms with E-state index in [1.165, 1.54) is 12.8 Å². The number of hydrogen-bond acceptors (Lipinski definition) is 3. The Kier molecular flexibility index (Phi) is 5.54. The molecule has 0 amide bonds. The predicted octanol–water partition coefficient (Wildman–Crippen LogP) is 1.71. The van der Waals surface area contributed by atoms with E-state index < -0.39 is 6.43 Å². The molecule has 3 nitrogen and oxygen atoms in total. The molecule has 2 N–H and O–H groups in total. The van der Waals surface area contributed by atoms with Gasteiger partial charge in [-0.2, -0.15) is 0 Å². The van der Waals surface area contributed by atoms with Crippen molar-refractivity contribution in [3.63, 3.8) is 0 Å². The first-order valence-electron chi connectivity index (χ1n) is 7.46. The lowest BCUT2D eigenvalue weighted by Crippen LogP contribution is -2.53. The number of nitrogens with one attached hydrogen (secondary N) is 1.